The molecule has 2 rings (SSSR count). The topological polar surface area (TPSA) is 64.9 Å². The molecule has 1 heterocycles. The zero-order valence-electron chi connectivity index (χ0n) is 10.4. The van der Waals surface area contributed by atoms with E-state index in [1.165, 1.54) is 0 Å². The van der Waals surface area contributed by atoms with Crippen LogP contribution >= 0.6 is 12.4 Å². The minimum Gasteiger partial charge on any atom is -0.330 e. The molecule has 0 fully saturated rings. The van der Waals surface area contributed by atoms with E-state index in [0.717, 1.165) is 42.4 Å². The van der Waals surface area contributed by atoms with Crippen LogP contribution in [0.25, 0.3) is 10.9 Å². The lowest BCUT2D eigenvalue weighted by molar-refractivity contribution is 0.581. The summed E-state index contributed by atoms with van der Waals surface area (Å²) >= 11 is 0. The van der Waals surface area contributed by atoms with Gasteiger partial charge in [0, 0.05) is 11.4 Å². The third kappa shape index (κ3) is 3.67. The molecule has 0 aliphatic heterocycles. The Morgan fingerprint density at radius 2 is 1.83 bits per heavy atom. The van der Waals surface area contributed by atoms with Crippen molar-refractivity contribution in [3.8, 4) is 0 Å². The van der Waals surface area contributed by atoms with Crippen molar-refractivity contribution < 1.29 is 0 Å². The first-order valence-corrected chi connectivity index (χ1v) is 6.12. The molecule has 4 heteroatoms. The number of aromatic nitrogens is 1. The van der Waals surface area contributed by atoms with Crippen molar-refractivity contribution in [2.75, 3.05) is 6.54 Å². The van der Waals surface area contributed by atoms with Crippen LogP contribution in [0.4, 0.5) is 0 Å². The lowest BCUT2D eigenvalue weighted by Crippen LogP contribution is -2.12. The Hall–Kier alpha value is -1.16. The Kier molecular flexibility index (Phi) is 6.05. The Labute approximate surface area is 114 Å². The van der Waals surface area contributed by atoms with Crippen molar-refractivity contribution >= 4 is 23.3 Å². The monoisotopic (exact) mass is 265 g/mol. The summed E-state index contributed by atoms with van der Waals surface area (Å²) in [5.41, 5.74) is 13.6. The van der Waals surface area contributed by atoms with Gasteiger partial charge in [-0.1, -0.05) is 30.7 Å². The van der Waals surface area contributed by atoms with Gasteiger partial charge in [0.15, 0.2) is 0 Å². The van der Waals surface area contributed by atoms with Gasteiger partial charge in [-0.25, -0.2) is 0 Å². The lowest BCUT2D eigenvalue weighted by Gasteiger charge is -2.11. The van der Waals surface area contributed by atoms with E-state index < -0.39 is 0 Å². The molecular weight excluding hydrogens is 246 g/mol. The van der Waals surface area contributed by atoms with E-state index in [1.807, 2.05) is 24.3 Å². The van der Waals surface area contributed by atoms with Crippen molar-refractivity contribution in [1.29, 1.82) is 0 Å². The number of unbranched alkanes of at least 4 members (excludes halogenated alkanes) is 1. The fraction of sp³-hybridized carbons (Fsp3) is 0.357. The number of para-hydroxylation sites is 1. The predicted molar refractivity (Wildman–Crippen MR) is 78.8 cm³/mol. The number of halogens is 1. The molecular formula is C14H20ClN3. The molecule has 3 nitrogen and oxygen atoms in total. The number of rotatable bonds is 5. The molecule has 18 heavy (non-hydrogen) atoms. The summed E-state index contributed by atoms with van der Waals surface area (Å²) in [5.74, 6) is 0. The standard InChI is InChI=1S/C14H19N3.ClH/c15-10-4-3-6-12(16)14-9-8-11-5-1-2-7-13(11)17-14;/h1-2,5,7-9,12H,3-4,6,10,15-16H2;1H/t12-;/m0./s1. The number of nitrogens with two attached hydrogens (primary N) is 2. The predicted octanol–water partition coefficient (Wildman–Crippen LogP) is 2.79. The Bertz CT molecular complexity index is 487. The Morgan fingerprint density at radius 1 is 1.06 bits per heavy atom. The zero-order chi connectivity index (χ0) is 12.1. The van der Waals surface area contributed by atoms with E-state index in [0.29, 0.717) is 0 Å². The normalized spacial score (nSPS) is 12.1. The molecule has 0 saturated carbocycles. The summed E-state index contributed by atoms with van der Waals surface area (Å²) in [6.07, 6.45) is 3.04. The van der Waals surface area contributed by atoms with Crippen molar-refractivity contribution in [1.82, 2.24) is 4.98 Å². The molecule has 98 valence electrons. The highest BCUT2D eigenvalue weighted by molar-refractivity contribution is 5.85. The van der Waals surface area contributed by atoms with Crippen LogP contribution in [0.1, 0.15) is 31.0 Å². The van der Waals surface area contributed by atoms with Crippen LogP contribution in [0.3, 0.4) is 0 Å². The quantitative estimate of drug-likeness (QED) is 0.817. The first-order valence-electron chi connectivity index (χ1n) is 6.12. The van der Waals surface area contributed by atoms with Gasteiger partial charge in [-0.15, -0.1) is 12.4 Å². The molecule has 1 aromatic carbocycles. The van der Waals surface area contributed by atoms with Gasteiger partial charge in [0.05, 0.1) is 11.2 Å². The molecule has 0 unspecified atom stereocenters. The van der Waals surface area contributed by atoms with E-state index in [1.54, 1.807) is 0 Å². The molecule has 0 aliphatic rings. The largest absolute Gasteiger partial charge is 0.330 e. The SMILES string of the molecule is Cl.NCCCC[C@H](N)c1ccc2ccccc2n1. The van der Waals surface area contributed by atoms with Gasteiger partial charge in [0.1, 0.15) is 0 Å². The van der Waals surface area contributed by atoms with Crippen LogP contribution in [-0.4, -0.2) is 11.5 Å². The third-order valence-corrected chi connectivity index (χ3v) is 2.97. The van der Waals surface area contributed by atoms with E-state index in [2.05, 4.69) is 17.1 Å². The van der Waals surface area contributed by atoms with Crippen LogP contribution < -0.4 is 11.5 Å². The second kappa shape index (κ2) is 7.31. The van der Waals surface area contributed by atoms with Crippen molar-refractivity contribution in [3.05, 3.63) is 42.1 Å². The number of pyridine rings is 1. The molecule has 0 spiro atoms. The number of nitrogens with zero attached hydrogens (tertiary/aromatic N) is 1. The second-order valence-electron chi connectivity index (χ2n) is 4.32. The highest BCUT2D eigenvalue weighted by Crippen LogP contribution is 2.18. The Balaban J connectivity index is 0.00000162. The molecule has 0 radical (unpaired) electrons. The molecule has 0 bridgehead atoms. The molecule has 0 aliphatic carbocycles. The maximum Gasteiger partial charge on any atom is 0.0706 e. The summed E-state index contributed by atoms with van der Waals surface area (Å²) in [6.45, 7) is 0.734. The highest BCUT2D eigenvalue weighted by Gasteiger charge is 2.07. The van der Waals surface area contributed by atoms with Gasteiger partial charge < -0.3 is 11.5 Å². The van der Waals surface area contributed by atoms with Crippen molar-refractivity contribution in [2.24, 2.45) is 11.5 Å². The van der Waals surface area contributed by atoms with Crippen LogP contribution in [0, 0.1) is 0 Å². The first-order chi connectivity index (χ1) is 8.31. The maximum absolute atomic E-state index is 6.12. The van der Waals surface area contributed by atoms with Gasteiger partial charge in [0.25, 0.3) is 0 Å². The number of benzene rings is 1. The molecule has 0 amide bonds. The van der Waals surface area contributed by atoms with Crippen LogP contribution in [0.15, 0.2) is 36.4 Å². The van der Waals surface area contributed by atoms with Crippen LogP contribution in [-0.2, 0) is 0 Å². The van der Waals surface area contributed by atoms with E-state index in [4.69, 9.17) is 11.5 Å². The summed E-state index contributed by atoms with van der Waals surface area (Å²) in [6, 6.07) is 12.2. The number of hydrogen-bond acceptors (Lipinski definition) is 3. The van der Waals surface area contributed by atoms with Gasteiger partial charge in [-0.05, 0) is 31.5 Å². The average Bonchev–Trinajstić information content (AvgIpc) is 2.38. The summed E-state index contributed by atoms with van der Waals surface area (Å²) < 4.78 is 0. The fourth-order valence-corrected chi connectivity index (χ4v) is 1.94. The van der Waals surface area contributed by atoms with Gasteiger partial charge in [-0.3, -0.25) is 4.98 Å². The molecule has 1 atom stereocenters. The molecule has 2 aromatic rings. The van der Waals surface area contributed by atoms with E-state index in [9.17, 15) is 0 Å². The maximum atomic E-state index is 6.12. The first kappa shape index (κ1) is 14.9. The third-order valence-electron chi connectivity index (χ3n) is 2.97. The highest BCUT2D eigenvalue weighted by atomic mass is 35.5. The second-order valence-corrected chi connectivity index (χ2v) is 4.32. The summed E-state index contributed by atoms with van der Waals surface area (Å²) in [7, 11) is 0. The molecule has 1 aromatic heterocycles. The van der Waals surface area contributed by atoms with Crippen molar-refractivity contribution in [3.63, 3.8) is 0 Å². The summed E-state index contributed by atoms with van der Waals surface area (Å²) in [4.78, 5) is 4.60. The smallest absolute Gasteiger partial charge is 0.0706 e. The molecule has 0 saturated heterocycles. The number of fused-ring (bicyclic) bond motifs is 1. The Morgan fingerprint density at radius 3 is 2.61 bits per heavy atom. The molecule has 4 N–H and O–H groups in total. The fourth-order valence-electron chi connectivity index (χ4n) is 1.94. The average molecular weight is 266 g/mol. The summed E-state index contributed by atoms with van der Waals surface area (Å²) in [5, 5.41) is 1.16. The van der Waals surface area contributed by atoms with Gasteiger partial charge >= 0.3 is 0 Å². The zero-order valence-corrected chi connectivity index (χ0v) is 11.2. The van der Waals surface area contributed by atoms with Crippen molar-refractivity contribution in [2.45, 2.75) is 25.3 Å². The van der Waals surface area contributed by atoms with Crippen LogP contribution in [0.2, 0.25) is 0 Å². The van der Waals surface area contributed by atoms with Gasteiger partial charge in [-0.2, -0.15) is 0 Å². The van der Waals surface area contributed by atoms with E-state index in [-0.39, 0.29) is 18.4 Å². The minimum atomic E-state index is 0. The lowest BCUT2D eigenvalue weighted by atomic mass is 10.1. The van der Waals surface area contributed by atoms with Crippen LogP contribution in [0.5, 0.6) is 0 Å². The minimum absolute atomic E-state index is 0. The number of hydrogen-bond donors (Lipinski definition) is 2. The van der Waals surface area contributed by atoms with Gasteiger partial charge in [0.2, 0.25) is 0 Å². The van der Waals surface area contributed by atoms with E-state index >= 15 is 0 Å².